The summed E-state index contributed by atoms with van der Waals surface area (Å²) in [5, 5.41) is 2.42. The van der Waals surface area contributed by atoms with E-state index in [2.05, 4.69) is 10.1 Å². The number of Topliss-reactive ketones (excluding diaryl/α,β-unsaturated/α-hetero) is 1. The Morgan fingerprint density at radius 2 is 2.04 bits per heavy atom. The summed E-state index contributed by atoms with van der Waals surface area (Å²) in [5.41, 5.74) is -1.17. The number of hydrogen-bond donors (Lipinski definition) is 1. The molecule has 0 heterocycles. The number of carbonyl (C=O) groups is 3. The van der Waals surface area contributed by atoms with Gasteiger partial charge in [-0.05, 0) is 37.0 Å². The van der Waals surface area contributed by atoms with Crippen molar-refractivity contribution in [2.75, 3.05) is 7.11 Å². The van der Waals surface area contributed by atoms with Gasteiger partial charge in [0.2, 0.25) is 0 Å². The van der Waals surface area contributed by atoms with Crippen molar-refractivity contribution in [3.8, 4) is 0 Å². The first-order valence-corrected chi connectivity index (χ1v) is 7.80. The van der Waals surface area contributed by atoms with Crippen LogP contribution in [0.25, 0.3) is 0 Å². The summed E-state index contributed by atoms with van der Waals surface area (Å²) in [6.45, 7) is 0. The molecule has 0 unspecified atom stereocenters. The van der Waals surface area contributed by atoms with Crippen LogP contribution in [0.15, 0.2) is 24.3 Å². The van der Waals surface area contributed by atoms with Gasteiger partial charge in [-0.25, -0.2) is 4.79 Å². The highest BCUT2D eigenvalue weighted by atomic mass is 19.4. The molecule has 1 saturated carbocycles. The fourth-order valence-corrected chi connectivity index (χ4v) is 2.90. The molecular weight excluding hydrogens is 339 g/mol. The number of nitrogens with one attached hydrogen (secondary N) is 1. The smallest absolute Gasteiger partial charge is 0.416 e. The Hall–Kier alpha value is -2.38. The number of ether oxygens (including phenoxy) is 1. The fraction of sp³-hybridized carbons (Fsp3) is 0.471. The molecule has 1 aromatic rings. The highest BCUT2D eigenvalue weighted by molar-refractivity contribution is 5.97. The molecule has 1 N–H and O–H groups in total. The van der Waals surface area contributed by atoms with Crippen molar-refractivity contribution < 1.29 is 32.3 Å². The van der Waals surface area contributed by atoms with Crippen molar-refractivity contribution >= 4 is 17.7 Å². The molecule has 25 heavy (non-hydrogen) atoms. The Balaban J connectivity index is 2.19. The number of methoxy groups -OCH3 is 1. The van der Waals surface area contributed by atoms with Gasteiger partial charge in [-0.1, -0.05) is 6.07 Å². The average molecular weight is 357 g/mol. The maximum absolute atomic E-state index is 12.8. The van der Waals surface area contributed by atoms with Gasteiger partial charge in [0.25, 0.3) is 5.91 Å². The number of carbonyl (C=O) groups excluding carboxylic acids is 3. The highest BCUT2D eigenvalue weighted by Gasteiger charge is 2.35. The Morgan fingerprint density at radius 3 is 2.64 bits per heavy atom. The second-order valence-electron chi connectivity index (χ2n) is 5.95. The third kappa shape index (κ3) is 4.80. The van der Waals surface area contributed by atoms with Gasteiger partial charge in [0, 0.05) is 18.4 Å². The lowest BCUT2D eigenvalue weighted by atomic mass is 9.83. The summed E-state index contributed by atoms with van der Waals surface area (Å²) in [7, 11) is 1.15. The molecule has 1 fully saturated rings. The first-order valence-electron chi connectivity index (χ1n) is 7.80. The van der Waals surface area contributed by atoms with Crippen LogP contribution in [0.3, 0.4) is 0 Å². The topological polar surface area (TPSA) is 72.5 Å². The van der Waals surface area contributed by atoms with Crippen LogP contribution in [0.5, 0.6) is 0 Å². The van der Waals surface area contributed by atoms with Crippen LogP contribution >= 0.6 is 0 Å². The van der Waals surface area contributed by atoms with Gasteiger partial charge >= 0.3 is 12.1 Å². The van der Waals surface area contributed by atoms with E-state index >= 15 is 0 Å². The molecular formula is C17H18F3NO4. The summed E-state index contributed by atoms with van der Waals surface area (Å²) >= 11 is 0. The van der Waals surface area contributed by atoms with Crippen LogP contribution in [-0.2, 0) is 20.5 Å². The maximum Gasteiger partial charge on any atom is 0.416 e. The molecule has 5 nitrogen and oxygen atoms in total. The molecule has 0 aliphatic heterocycles. The van der Waals surface area contributed by atoms with E-state index < -0.39 is 35.6 Å². The van der Waals surface area contributed by atoms with Crippen LogP contribution in [0.2, 0.25) is 0 Å². The Kier molecular flexibility index (Phi) is 5.81. The van der Waals surface area contributed by atoms with E-state index in [0.29, 0.717) is 19.3 Å². The van der Waals surface area contributed by atoms with Gasteiger partial charge in [0.15, 0.2) is 0 Å². The fourth-order valence-electron chi connectivity index (χ4n) is 2.90. The van der Waals surface area contributed by atoms with Gasteiger partial charge in [0.05, 0.1) is 12.7 Å². The van der Waals surface area contributed by atoms with Crippen LogP contribution in [0.4, 0.5) is 13.2 Å². The third-order valence-electron chi connectivity index (χ3n) is 4.19. The Morgan fingerprint density at radius 1 is 1.32 bits per heavy atom. The van der Waals surface area contributed by atoms with Gasteiger partial charge in [-0.15, -0.1) is 0 Å². The molecule has 8 heteroatoms. The van der Waals surface area contributed by atoms with Crippen molar-refractivity contribution in [3.05, 3.63) is 35.4 Å². The van der Waals surface area contributed by atoms with Gasteiger partial charge in [-0.2, -0.15) is 13.2 Å². The third-order valence-corrected chi connectivity index (χ3v) is 4.19. The predicted octanol–water partition coefficient (Wildman–Crippen LogP) is 2.74. The van der Waals surface area contributed by atoms with E-state index in [0.717, 1.165) is 25.3 Å². The van der Waals surface area contributed by atoms with Gasteiger partial charge in [0.1, 0.15) is 11.8 Å². The highest BCUT2D eigenvalue weighted by Crippen LogP contribution is 2.30. The first-order chi connectivity index (χ1) is 11.7. The summed E-state index contributed by atoms with van der Waals surface area (Å²) in [4.78, 5) is 35.9. The summed E-state index contributed by atoms with van der Waals surface area (Å²) in [5.74, 6) is -1.98. The van der Waals surface area contributed by atoms with E-state index in [1.54, 1.807) is 0 Å². The average Bonchev–Trinajstić information content (AvgIpc) is 2.58. The molecule has 1 aliphatic carbocycles. The molecule has 1 amide bonds. The SMILES string of the molecule is COC(=O)[C@@H](NC(=O)c1cccc(C(F)(F)F)c1)[C@@H]1CCCC(=O)C1. The zero-order valence-electron chi connectivity index (χ0n) is 13.6. The quantitative estimate of drug-likeness (QED) is 0.841. The van der Waals surface area contributed by atoms with Crippen LogP contribution in [0, 0.1) is 5.92 Å². The lowest BCUT2D eigenvalue weighted by Crippen LogP contribution is -2.48. The molecule has 1 aliphatic rings. The molecule has 136 valence electrons. The normalized spacial score (nSPS) is 19.2. The molecule has 0 saturated heterocycles. The van der Waals surface area contributed by atoms with Crippen LogP contribution in [-0.4, -0.2) is 30.8 Å². The number of rotatable bonds is 4. The zero-order chi connectivity index (χ0) is 18.6. The standard InChI is InChI=1S/C17H18F3NO4/c1-25-16(24)14(10-4-3-7-13(22)9-10)21-15(23)11-5-2-6-12(8-11)17(18,19)20/h2,5-6,8,10,14H,3-4,7,9H2,1H3,(H,21,23)/t10-,14+/m1/s1. The number of ketones is 1. The van der Waals surface area contributed by atoms with Crippen molar-refractivity contribution in [3.63, 3.8) is 0 Å². The van der Waals surface area contributed by atoms with E-state index in [1.165, 1.54) is 6.07 Å². The minimum atomic E-state index is -4.58. The van der Waals surface area contributed by atoms with Crippen molar-refractivity contribution in [1.82, 2.24) is 5.32 Å². The number of hydrogen-bond acceptors (Lipinski definition) is 4. The Bertz CT molecular complexity index is 672. The largest absolute Gasteiger partial charge is 0.467 e. The van der Waals surface area contributed by atoms with Gasteiger partial charge < -0.3 is 10.1 Å². The van der Waals surface area contributed by atoms with E-state index in [9.17, 15) is 27.6 Å². The van der Waals surface area contributed by atoms with Crippen molar-refractivity contribution in [2.24, 2.45) is 5.92 Å². The zero-order valence-corrected chi connectivity index (χ0v) is 13.6. The molecule has 2 rings (SSSR count). The number of alkyl halides is 3. The molecule has 1 aromatic carbocycles. The van der Waals surface area contributed by atoms with Crippen LogP contribution < -0.4 is 5.32 Å². The predicted molar refractivity (Wildman–Crippen MR) is 81.7 cm³/mol. The number of benzene rings is 1. The second kappa shape index (κ2) is 7.67. The van der Waals surface area contributed by atoms with E-state index in [-0.39, 0.29) is 17.8 Å². The molecule has 0 bridgehead atoms. The van der Waals surface area contributed by atoms with Gasteiger partial charge in [-0.3, -0.25) is 9.59 Å². The van der Waals surface area contributed by atoms with Crippen LogP contribution in [0.1, 0.15) is 41.6 Å². The maximum atomic E-state index is 12.8. The number of halogens is 3. The Labute approximate surface area is 142 Å². The summed E-state index contributed by atoms with van der Waals surface area (Å²) in [6.07, 6.45) is -2.88. The lowest BCUT2D eigenvalue weighted by Gasteiger charge is -2.28. The number of amides is 1. The van der Waals surface area contributed by atoms with Crippen molar-refractivity contribution in [2.45, 2.75) is 37.9 Å². The van der Waals surface area contributed by atoms with Crippen molar-refractivity contribution in [1.29, 1.82) is 0 Å². The monoisotopic (exact) mass is 357 g/mol. The minimum Gasteiger partial charge on any atom is -0.467 e. The van der Waals surface area contributed by atoms with E-state index in [1.807, 2.05) is 0 Å². The summed E-state index contributed by atoms with van der Waals surface area (Å²) < 4.78 is 43.0. The molecule has 2 atom stereocenters. The van der Waals surface area contributed by atoms with E-state index in [4.69, 9.17) is 0 Å². The molecule has 0 aromatic heterocycles. The molecule has 0 radical (unpaired) electrons. The second-order valence-corrected chi connectivity index (χ2v) is 5.95. The minimum absolute atomic E-state index is 0.0153. The summed E-state index contributed by atoms with van der Waals surface area (Å²) in [6, 6.07) is 2.85. The molecule has 0 spiro atoms. The lowest BCUT2D eigenvalue weighted by molar-refractivity contribution is -0.145. The first kappa shape index (κ1) is 19.0. The number of esters is 1.